The molecule has 0 atom stereocenters. The normalized spacial score (nSPS) is 10.6. The molecule has 92 valence electrons. The molecule has 0 unspecified atom stereocenters. The van der Waals surface area contributed by atoms with Crippen LogP contribution in [0.4, 0.5) is 5.69 Å². The maximum absolute atomic E-state index is 11.2. The summed E-state index contributed by atoms with van der Waals surface area (Å²) in [6, 6.07) is 0. The van der Waals surface area contributed by atoms with Crippen molar-refractivity contribution in [2.24, 2.45) is 0 Å². The maximum atomic E-state index is 11.2. The first kappa shape index (κ1) is 13.8. The standard InChI is InChI=1S/C11H12Cl2N2O2/c1-3-17-9(16)5-4-7-10(14-2)8(12)6-15-11(7)13/h4-6H,3H2,1-2H3,(H,14,15)/b5-4+. The lowest BCUT2D eigenvalue weighted by atomic mass is 10.2. The van der Waals surface area contributed by atoms with E-state index >= 15 is 0 Å². The highest BCUT2D eigenvalue weighted by atomic mass is 35.5. The van der Waals surface area contributed by atoms with E-state index in [2.05, 4.69) is 10.3 Å². The molecule has 1 heterocycles. The van der Waals surface area contributed by atoms with E-state index in [1.54, 1.807) is 14.0 Å². The predicted molar refractivity (Wildman–Crippen MR) is 69.5 cm³/mol. The van der Waals surface area contributed by atoms with Gasteiger partial charge in [-0.1, -0.05) is 23.2 Å². The fourth-order valence-electron chi connectivity index (χ4n) is 1.23. The molecule has 6 heteroatoms. The minimum absolute atomic E-state index is 0.263. The van der Waals surface area contributed by atoms with Crippen LogP contribution in [0.5, 0.6) is 0 Å². The largest absolute Gasteiger partial charge is 0.463 e. The Morgan fingerprint density at radius 2 is 2.29 bits per heavy atom. The summed E-state index contributed by atoms with van der Waals surface area (Å²) < 4.78 is 4.76. The molecule has 0 radical (unpaired) electrons. The molecule has 0 amide bonds. The Morgan fingerprint density at radius 3 is 2.88 bits per heavy atom. The lowest BCUT2D eigenvalue weighted by molar-refractivity contribution is -0.137. The number of esters is 1. The first-order chi connectivity index (χ1) is 8.10. The number of nitrogens with zero attached hydrogens (tertiary/aromatic N) is 1. The molecular formula is C11H12Cl2N2O2. The molecule has 0 fully saturated rings. The molecule has 0 aromatic carbocycles. The molecule has 0 aliphatic heterocycles. The highest BCUT2D eigenvalue weighted by molar-refractivity contribution is 6.35. The zero-order chi connectivity index (χ0) is 12.8. The van der Waals surface area contributed by atoms with Gasteiger partial charge in [0.2, 0.25) is 0 Å². The Labute approximate surface area is 110 Å². The number of ether oxygens (including phenoxy) is 1. The average Bonchev–Trinajstić information content (AvgIpc) is 2.30. The van der Waals surface area contributed by atoms with Gasteiger partial charge in [0, 0.05) is 24.9 Å². The van der Waals surface area contributed by atoms with E-state index in [4.69, 9.17) is 27.9 Å². The molecule has 0 spiro atoms. The van der Waals surface area contributed by atoms with Crippen molar-refractivity contribution in [3.63, 3.8) is 0 Å². The average molecular weight is 275 g/mol. The van der Waals surface area contributed by atoms with Crippen LogP contribution in [0.25, 0.3) is 6.08 Å². The number of carbonyl (C=O) groups excluding carboxylic acids is 1. The van der Waals surface area contributed by atoms with Gasteiger partial charge < -0.3 is 10.1 Å². The summed E-state index contributed by atoms with van der Waals surface area (Å²) in [5.74, 6) is -0.439. The number of hydrogen-bond acceptors (Lipinski definition) is 4. The van der Waals surface area contributed by atoms with Crippen LogP contribution in [0.1, 0.15) is 12.5 Å². The number of anilines is 1. The Bertz CT molecular complexity index is 447. The number of carbonyl (C=O) groups is 1. The van der Waals surface area contributed by atoms with Gasteiger partial charge in [0.25, 0.3) is 0 Å². The molecular weight excluding hydrogens is 263 g/mol. The predicted octanol–water partition coefficient (Wildman–Crippen LogP) is 3.01. The summed E-state index contributed by atoms with van der Waals surface area (Å²) in [5, 5.41) is 3.59. The van der Waals surface area contributed by atoms with Gasteiger partial charge in [0.15, 0.2) is 0 Å². The van der Waals surface area contributed by atoms with Crippen LogP contribution in [0.2, 0.25) is 10.2 Å². The van der Waals surface area contributed by atoms with Crippen LogP contribution < -0.4 is 5.32 Å². The molecule has 17 heavy (non-hydrogen) atoms. The quantitative estimate of drug-likeness (QED) is 0.521. The molecule has 0 bridgehead atoms. The highest BCUT2D eigenvalue weighted by Gasteiger charge is 2.09. The third-order valence-electron chi connectivity index (χ3n) is 1.94. The summed E-state index contributed by atoms with van der Waals surface area (Å²) in [6.45, 7) is 2.06. The van der Waals surface area contributed by atoms with Crippen molar-refractivity contribution in [3.8, 4) is 0 Å². The first-order valence-corrected chi connectivity index (χ1v) is 5.72. The zero-order valence-electron chi connectivity index (χ0n) is 9.46. The summed E-state index contributed by atoms with van der Waals surface area (Å²) in [5.41, 5.74) is 1.17. The fourth-order valence-corrected chi connectivity index (χ4v) is 1.68. The molecule has 0 saturated carbocycles. The SMILES string of the molecule is CCOC(=O)/C=C/c1c(Cl)ncc(Cl)c1NC. The van der Waals surface area contributed by atoms with Crippen molar-refractivity contribution in [2.75, 3.05) is 19.0 Å². The maximum Gasteiger partial charge on any atom is 0.330 e. The van der Waals surface area contributed by atoms with Crippen molar-refractivity contribution in [2.45, 2.75) is 6.92 Å². The van der Waals surface area contributed by atoms with E-state index in [1.165, 1.54) is 18.3 Å². The number of rotatable bonds is 4. The molecule has 1 N–H and O–H groups in total. The molecule has 1 aromatic heterocycles. The van der Waals surface area contributed by atoms with Crippen molar-refractivity contribution in [1.82, 2.24) is 4.98 Å². The molecule has 0 saturated heterocycles. The third kappa shape index (κ3) is 3.61. The van der Waals surface area contributed by atoms with Crippen LogP contribution in [0.15, 0.2) is 12.3 Å². The lowest BCUT2D eigenvalue weighted by Crippen LogP contribution is -2.00. The van der Waals surface area contributed by atoms with Crippen LogP contribution in [-0.2, 0) is 9.53 Å². The van der Waals surface area contributed by atoms with Gasteiger partial charge >= 0.3 is 5.97 Å². The van der Waals surface area contributed by atoms with Crippen LogP contribution in [0.3, 0.4) is 0 Å². The highest BCUT2D eigenvalue weighted by Crippen LogP contribution is 2.30. The Balaban J connectivity index is 3.05. The van der Waals surface area contributed by atoms with Gasteiger partial charge in [-0.15, -0.1) is 0 Å². The van der Waals surface area contributed by atoms with Crippen molar-refractivity contribution in [3.05, 3.63) is 28.0 Å². The van der Waals surface area contributed by atoms with Gasteiger partial charge in [-0.2, -0.15) is 0 Å². The van der Waals surface area contributed by atoms with Crippen molar-refractivity contribution < 1.29 is 9.53 Å². The first-order valence-electron chi connectivity index (χ1n) is 4.96. The van der Waals surface area contributed by atoms with Crippen molar-refractivity contribution >= 4 is 40.9 Å². The van der Waals surface area contributed by atoms with E-state index in [0.29, 0.717) is 22.9 Å². The number of halogens is 2. The summed E-state index contributed by atoms with van der Waals surface area (Å²) >= 11 is 11.9. The van der Waals surface area contributed by atoms with E-state index in [9.17, 15) is 4.79 Å². The van der Waals surface area contributed by atoms with Gasteiger partial charge in [0.1, 0.15) is 5.15 Å². The fraction of sp³-hybridized carbons (Fsp3) is 0.273. The van der Waals surface area contributed by atoms with Crippen LogP contribution >= 0.6 is 23.2 Å². The van der Waals surface area contributed by atoms with E-state index in [1.807, 2.05) is 0 Å². The molecule has 1 aromatic rings. The van der Waals surface area contributed by atoms with E-state index < -0.39 is 5.97 Å². The topological polar surface area (TPSA) is 51.2 Å². The lowest BCUT2D eigenvalue weighted by Gasteiger charge is -2.08. The second-order valence-electron chi connectivity index (χ2n) is 3.02. The van der Waals surface area contributed by atoms with Crippen molar-refractivity contribution in [1.29, 1.82) is 0 Å². The molecule has 4 nitrogen and oxygen atoms in total. The smallest absolute Gasteiger partial charge is 0.330 e. The monoisotopic (exact) mass is 274 g/mol. The second-order valence-corrected chi connectivity index (χ2v) is 3.79. The summed E-state index contributed by atoms with van der Waals surface area (Å²) in [4.78, 5) is 15.1. The van der Waals surface area contributed by atoms with Gasteiger partial charge in [-0.05, 0) is 13.0 Å². The van der Waals surface area contributed by atoms with Gasteiger partial charge in [-0.3, -0.25) is 0 Å². The minimum Gasteiger partial charge on any atom is -0.463 e. The number of hydrogen-bond donors (Lipinski definition) is 1. The third-order valence-corrected chi connectivity index (χ3v) is 2.53. The van der Waals surface area contributed by atoms with Gasteiger partial charge in [0.05, 0.1) is 17.3 Å². The Morgan fingerprint density at radius 1 is 1.59 bits per heavy atom. The zero-order valence-corrected chi connectivity index (χ0v) is 11.0. The molecule has 0 aliphatic rings. The minimum atomic E-state index is -0.439. The molecule has 0 aliphatic carbocycles. The number of nitrogens with one attached hydrogen (secondary N) is 1. The summed E-state index contributed by atoms with van der Waals surface area (Å²) in [7, 11) is 1.71. The summed E-state index contributed by atoms with van der Waals surface area (Å²) in [6.07, 6.45) is 4.24. The number of aromatic nitrogens is 1. The van der Waals surface area contributed by atoms with Gasteiger partial charge in [-0.25, -0.2) is 9.78 Å². The van der Waals surface area contributed by atoms with Crippen LogP contribution in [-0.4, -0.2) is 24.6 Å². The Kier molecular flexibility index (Phi) is 5.25. The molecule has 1 rings (SSSR count). The van der Waals surface area contributed by atoms with E-state index in [-0.39, 0.29) is 5.15 Å². The van der Waals surface area contributed by atoms with Crippen LogP contribution in [0, 0.1) is 0 Å². The Hall–Kier alpha value is -1.26. The number of pyridine rings is 1. The second kappa shape index (κ2) is 6.47. The van der Waals surface area contributed by atoms with E-state index in [0.717, 1.165) is 0 Å².